The molecule has 1 saturated carbocycles. The van der Waals surface area contributed by atoms with E-state index in [0.717, 1.165) is 45.2 Å². The second-order valence-electron chi connectivity index (χ2n) is 6.84. The topological polar surface area (TPSA) is 50.9 Å². The predicted octanol–water partition coefficient (Wildman–Crippen LogP) is 6.20. The van der Waals surface area contributed by atoms with Gasteiger partial charge < -0.3 is 11.1 Å². The molecule has 1 aliphatic rings. The van der Waals surface area contributed by atoms with Crippen LogP contribution in [0.2, 0.25) is 10.2 Å². The zero-order valence-corrected chi connectivity index (χ0v) is 16.7. The minimum absolute atomic E-state index is 0.172. The van der Waals surface area contributed by atoms with Crippen molar-refractivity contribution >= 4 is 50.4 Å². The van der Waals surface area contributed by atoms with Crippen molar-refractivity contribution in [2.75, 3.05) is 5.32 Å². The van der Waals surface area contributed by atoms with Crippen LogP contribution in [0.4, 0.5) is 5.69 Å². The first-order valence-electron chi connectivity index (χ1n) is 8.95. The van der Waals surface area contributed by atoms with Crippen LogP contribution < -0.4 is 11.1 Å². The van der Waals surface area contributed by atoms with E-state index in [1.165, 1.54) is 18.4 Å². The minimum Gasteiger partial charge on any atom is -0.380 e. The summed E-state index contributed by atoms with van der Waals surface area (Å²) in [6, 6.07) is 12.3. The number of nitrogens with two attached hydrogens (primary N) is 1. The maximum absolute atomic E-state index is 6.72. The number of anilines is 1. The molecule has 136 valence electrons. The second kappa shape index (κ2) is 7.73. The minimum atomic E-state index is 0.172. The summed E-state index contributed by atoms with van der Waals surface area (Å²) >= 11 is 14.7. The lowest BCUT2D eigenvalue weighted by molar-refractivity contribution is 0.389. The lowest BCUT2D eigenvalue weighted by Gasteiger charge is -2.27. The number of pyridine rings is 1. The third kappa shape index (κ3) is 3.56. The van der Waals surface area contributed by atoms with E-state index in [2.05, 4.69) is 22.4 Å². The third-order valence-electron chi connectivity index (χ3n) is 5.06. The zero-order valence-electron chi connectivity index (χ0n) is 14.3. The number of aromatic nitrogens is 1. The number of nitrogens with zero attached hydrogens (tertiary/aromatic N) is 1. The van der Waals surface area contributed by atoms with E-state index in [1.54, 1.807) is 11.3 Å². The summed E-state index contributed by atoms with van der Waals surface area (Å²) in [6.07, 6.45) is 4.56. The molecule has 1 fully saturated rings. The molecule has 1 aliphatic carbocycles. The standard InChI is InChI=1S/C20H21Cl2N3S/c21-16-10-15(24-11-12-6-2-1-3-7-12)20-18(25-16)17(22)19(26-20)13-8-4-5-9-14(13)23/h1-3,6-7,10,13-14H,4-5,8-9,11,23H2,(H,24,25)/t13-,14-/m0/s1. The molecule has 0 spiro atoms. The summed E-state index contributed by atoms with van der Waals surface area (Å²) < 4.78 is 1.06. The lowest BCUT2D eigenvalue weighted by atomic mass is 9.84. The number of hydrogen-bond donors (Lipinski definition) is 2. The van der Waals surface area contributed by atoms with Crippen LogP contribution in [0.3, 0.4) is 0 Å². The number of nitrogens with one attached hydrogen (secondary N) is 1. The van der Waals surface area contributed by atoms with Crippen molar-refractivity contribution in [2.45, 2.75) is 44.2 Å². The van der Waals surface area contributed by atoms with Crippen LogP contribution >= 0.6 is 34.5 Å². The maximum Gasteiger partial charge on any atom is 0.131 e. The van der Waals surface area contributed by atoms with Crippen molar-refractivity contribution in [3.05, 3.63) is 57.0 Å². The Bertz CT molecular complexity index is 910. The molecule has 26 heavy (non-hydrogen) atoms. The molecule has 6 heteroatoms. The molecule has 1 aromatic carbocycles. The molecule has 0 saturated heterocycles. The highest BCUT2D eigenvalue weighted by Gasteiger charge is 2.29. The highest BCUT2D eigenvalue weighted by atomic mass is 35.5. The highest BCUT2D eigenvalue weighted by molar-refractivity contribution is 7.20. The predicted molar refractivity (Wildman–Crippen MR) is 113 cm³/mol. The Morgan fingerprint density at radius 2 is 1.92 bits per heavy atom. The Balaban J connectivity index is 1.70. The number of thiophene rings is 1. The van der Waals surface area contributed by atoms with Crippen LogP contribution in [0, 0.1) is 0 Å². The largest absolute Gasteiger partial charge is 0.380 e. The highest BCUT2D eigenvalue weighted by Crippen LogP contribution is 2.46. The van der Waals surface area contributed by atoms with Crippen molar-refractivity contribution < 1.29 is 0 Å². The molecule has 2 aromatic heterocycles. The van der Waals surface area contributed by atoms with Gasteiger partial charge in [-0.3, -0.25) is 0 Å². The molecule has 4 rings (SSSR count). The molecule has 3 N–H and O–H groups in total. The van der Waals surface area contributed by atoms with Crippen LogP contribution in [0.5, 0.6) is 0 Å². The van der Waals surface area contributed by atoms with Crippen molar-refractivity contribution in [3.8, 4) is 0 Å². The van der Waals surface area contributed by atoms with Crippen LogP contribution in [-0.4, -0.2) is 11.0 Å². The van der Waals surface area contributed by atoms with E-state index in [1.807, 2.05) is 24.3 Å². The van der Waals surface area contributed by atoms with Crippen LogP contribution in [0.15, 0.2) is 36.4 Å². The average Bonchev–Trinajstić information content (AvgIpc) is 2.98. The van der Waals surface area contributed by atoms with Gasteiger partial charge in [-0.15, -0.1) is 11.3 Å². The monoisotopic (exact) mass is 405 g/mol. The normalized spacial score (nSPS) is 20.4. The van der Waals surface area contributed by atoms with Crippen molar-refractivity contribution in [1.29, 1.82) is 0 Å². The molecule has 3 nitrogen and oxygen atoms in total. The van der Waals surface area contributed by atoms with Gasteiger partial charge in [-0.25, -0.2) is 4.98 Å². The van der Waals surface area contributed by atoms with Gasteiger partial charge in [0, 0.05) is 29.4 Å². The molecule has 0 bridgehead atoms. The van der Waals surface area contributed by atoms with Gasteiger partial charge >= 0.3 is 0 Å². The number of rotatable bonds is 4. The molecule has 0 radical (unpaired) electrons. The fraction of sp³-hybridized carbons (Fsp3) is 0.350. The van der Waals surface area contributed by atoms with Gasteiger partial charge in [-0.05, 0) is 18.4 Å². The van der Waals surface area contributed by atoms with Gasteiger partial charge in [0.15, 0.2) is 0 Å². The summed E-state index contributed by atoms with van der Waals surface area (Å²) in [5.41, 5.74) is 9.37. The molecular weight excluding hydrogens is 385 g/mol. The first-order valence-corrected chi connectivity index (χ1v) is 10.5. The molecule has 0 aliphatic heterocycles. The summed E-state index contributed by atoms with van der Waals surface area (Å²) in [4.78, 5) is 5.65. The molecule has 2 atom stereocenters. The number of halogens is 2. The summed E-state index contributed by atoms with van der Waals surface area (Å²) in [5, 5.41) is 4.67. The lowest BCUT2D eigenvalue weighted by Crippen LogP contribution is -2.30. The van der Waals surface area contributed by atoms with Gasteiger partial charge in [0.2, 0.25) is 0 Å². The Hall–Kier alpha value is -1.33. The molecular formula is C20H21Cl2N3S. The number of benzene rings is 1. The third-order valence-corrected chi connectivity index (χ3v) is 7.09. The first-order chi connectivity index (χ1) is 12.6. The Morgan fingerprint density at radius 1 is 1.15 bits per heavy atom. The summed E-state index contributed by atoms with van der Waals surface area (Å²) in [6.45, 7) is 0.726. The van der Waals surface area contributed by atoms with E-state index >= 15 is 0 Å². The fourth-order valence-corrected chi connectivity index (χ4v) is 5.65. The number of hydrogen-bond acceptors (Lipinski definition) is 4. The first kappa shape index (κ1) is 18.1. The summed E-state index contributed by atoms with van der Waals surface area (Å²) in [5.74, 6) is 0.316. The number of fused-ring (bicyclic) bond motifs is 1. The van der Waals surface area contributed by atoms with Gasteiger partial charge in [0.05, 0.1) is 15.4 Å². The van der Waals surface area contributed by atoms with E-state index in [0.29, 0.717) is 11.1 Å². The zero-order chi connectivity index (χ0) is 18.1. The van der Waals surface area contributed by atoms with Crippen LogP contribution in [0.25, 0.3) is 10.2 Å². The quantitative estimate of drug-likeness (QED) is 0.507. The SMILES string of the molecule is N[C@H]1CCCC[C@@H]1c1sc2c(NCc3ccccc3)cc(Cl)nc2c1Cl. The van der Waals surface area contributed by atoms with E-state index in [9.17, 15) is 0 Å². The van der Waals surface area contributed by atoms with Crippen molar-refractivity contribution in [3.63, 3.8) is 0 Å². The van der Waals surface area contributed by atoms with Gasteiger partial charge in [0.1, 0.15) is 10.7 Å². The molecule has 0 unspecified atom stereocenters. The van der Waals surface area contributed by atoms with Gasteiger partial charge in [-0.2, -0.15) is 0 Å². The molecule has 2 heterocycles. The van der Waals surface area contributed by atoms with E-state index < -0.39 is 0 Å². The fourth-order valence-electron chi connectivity index (χ4n) is 3.67. The van der Waals surface area contributed by atoms with E-state index in [4.69, 9.17) is 28.9 Å². The summed E-state index contributed by atoms with van der Waals surface area (Å²) in [7, 11) is 0. The van der Waals surface area contributed by atoms with Crippen molar-refractivity contribution in [2.24, 2.45) is 5.73 Å². The van der Waals surface area contributed by atoms with Gasteiger partial charge in [0.25, 0.3) is 0 Å². The van der Waals surface area contributed by atoms with E-state index in [-0.39, 0.29) is 6.04 Å². The smallest absolute Gasteiger partial charge is 0.131 e. The second-order valence-corrected chi connectivity index (χ2v) is 8.66. The Kier molecular flexibility index (Phi) is 5.37. The Labute approximate surface area is 167 Å². The maximum atomic E-state index is 6.72. The molecule has 0 amide bonds. The molecule has 3 aromatic rings. The average molecular weight is 406 g/mol. The van der Waals surface area contributed by atoms with Crippen LogP contribution in [-0.2, 0) is 6.54 Å². The van der Waals surface area contributed by atoms with Crippen LogP contribution in [0.1, 0.15) is 42.0 Å². The van der Waals surface area contributed by atoms with Gasteiger partial charge in [-0.1, -0.05) is 66.4 Å². The Morgan fingerprint density at radius 3 is 2.69 bits per heavy atom. The van der Waals surface area contributed by atoms with Crippen molar-refractivity contribution in [1.82, 2.24) is 4.98 Å².